The number of hydrogen-bond acceptors (Lipinski definition) is 5. The lowest BCUT2D eigenvalue weighted by molar-refractivity contribution is -0.00548. The molecule has 0 bridgehead atoms. The minimum atomic E-state index is 0.245. The molecule has 2 aromatic carbocycles. The Labute approximate surface area is 196 Å². The van der Waals surface area contributed by atoms with E-state index in [2.05, 4.69) is 96.7 Å². The van der Waals surface area contributed by atoms with E-state index in [1.54, 1.807) is 0 Å². The van der Waals surface area contributed by atoms with Crippen LogP contribution in [-0.2, 0) is 9.47 Å². The zero-order chi connectivity index (χ0) is 22.7. The van der Waals surface area contributed by atoms with Gasteiger partial charge in [-0.1, -0.05) is 0 Å². The maximum atomic E-state index is 5.83. The molecule has 0 aromatic heterocycles. The number of hydrogen-bond donors (Lipinski definition) is 2. The third-order valence-electron chi connectivity index (χ3n) is 5.82. The lowest BCUT2D eigenvalue weighted by Crippen LogP contribution is -2.45. The van der Waals surface area contributed by atoms with Gasteiger partial charge in [0.1, 0.15) is 0 Å². The van der Waals surface area contributed by atoms with Crippen LogP contribution < -0.4 is 20.4 Å². The molecule has 2 aliphatic heterocycles. The maximum absolute atomic E-state index is 5.83. The third-order valence-corrected chi connectivity index (χ3v) is 6.02. The second-order valence-corrected chi connectivity index (χ2v) is 9.41. The van der Waals surface area contributed by atoms with E-state index in [1.807, 2.05) is 0 Å². The summed E-state index contributed by atoms with van der Waals surface area (Å²) in [4.78, 5) is 4.74. The number of nitrogens with zero attached hydrogens (tertiary/aromatic N) is 2. The van der Waals surface area contributed by atoms with Crippen LogP contribution in [0.3, 0.4) is 0 Å². The van der Waals surface area contributed by atoms with E-state index in [0.29, 0.717) is 5.11 Å². The number of ether oxygens (including phenoxy) is 2. The molecular weight excluding hydrogens is 420 g/mol. The van der Waals surface area contributed by atoms with Crippen molar-refractivity contribution in [3.8, 4) is 0 Å². The molecular formula is C25H34N4O2S. The highest BCUT2D eigenvalue weighted by Crippen LogP contribution is 2.24. The molecule has 7 heteroatoms. The summed E-state index contributed by atoms with van der Waals surface area (Å²) in [6, 6.07) is 16.8. The molecule has 2 aliphatic rings. The molecule has 2 aromatic rings. The smallest absolute Gasteiger partial charge is 0.175 e. The molecule has 4 atom stereocenters. The average molecular weight is 455 g/mol. The number of anilines is 4. The molecule has 0 radical (unpaired) electrons. The Bertz CT molecular complexity index is 812. The van der Waals surface area contributed by atoms with E-state index < -0.39 is 0 Å². The molecule has 2 fully saturated rings. The van der Waals surface area contributed by atoms with Crippen molar-refractivity contribution >= 4 is 40.1 Å². The Kier molecular flexibility index (Phi) is 7.18. The first kappa shape index (κ1) is 22.8. The summed E-state index contributed by atoms with van der Waals surface area (Å²) in [6.45, 7) is 12.1. The van der Waals surface area contributed by atoms with Gasteiger partial charge in [-0.2, -0.15) is 0 Å². The van der Waals surface area contributed by atoms with Gasteiger partial charge in [-0.3, -0.25) is 0 Å². The Morgan fingerprint density at radius 3 is 1.28 bits per heavy atom. The van der Waals surface area contributed by atoms with Gasteiger partial charge in [0, 0.05) is 48.9 Å². The fraction of sp³-hybridized carbons (Fsp3) is 0.480. The molecule has 2 N–H and O–H groups in total. The number of thiocarbonyl (C=S) groups is 1. The molecule has 6 nitrogen and oxygen atoms in total. The van der Waals surface area contributed by atoms with Crippen molar-refractivity contribution in [1.82, 2.24) is 0 Å². The van der Waals surface area contributed by atoms with Gasteiger partial charge in [0.05, 0.1) is 24.4 Å². The van der Waals surface area contributed by atoms with Crippen molar-refractivity contribution < 1.29 is 9.47 Å². The molecule has 2 saturated heterocycles. The van der Waals surface area contributed by atoms with Crippen molar-refractivity contribution in [2.45, 2.75) is 52.1 Å². The summed E-state index contributed by atoms with van der Waals surface area (Å²) in [6.07, 6.45) is 0.981. The predicted molar refractivity (Wildman–Crippen MR) is 137 cm³/mol. The largest absolute Gasteiger partial charge is 0.372 e. The number of nitrogens with one attached hydrogen (secondary N) is 2. The molecule has 172 valence electrons. The normalized spacial score (nSPS) is 26.0. The zero-order valence-electron chi connectivity index (χ0n) is 19.4. The van der Waals surface area contributed by atoms with Crippen LogP contribution in [0.25, 0.3) is 0 Å². The summed E-state index contributed by atoms with van der Waals surface area (Å²) < 4.78 is 11.7. The Morgan fingerprint density at radius 2 is 0.969 bits per heavy atom. The van der Waals surface area contributed by atoms with Gasteiger partial charge in [-0.05, 0) is 88.4 Å². The quantitative estimate of drug-likeness (QED) is 0.648. The van der Waals surface area contributed by atoms with Crippen LogP contribution >= 0.6 is 12.2 Å². The molecule has 2 heterocycles. The van der Waals surface area contributed by atoms with E-state index in [0.717, 1.165) is 37.6 Å². The summed E-state index contributed by atoms with van der Waals surface area (Å²) in [5.74, 6) is 0. The minimum absolute atomic E-state index is 0.245. The lowest BCUT2D eigenvalue weighted by Gasteiger charge is -2.37. The summed E-state index contributed by atoms with van der Waals surface area (Å²) in [5.41, 5.74) is 4.35. The third kappa shape index (κ3) is 5.91. The molecule has 0 saturated carbocycles. The second kappa shape index (κ2) is 10.1. The van der Waals surface area contributed by atoms with E-state index in [-0.39, 0.29) is 24.4 Å². The van der Waals surface area contributed by atoms with Crippen LogP contribution in [0.5, 0.6) is 0 Å². The maximum Gasteiger partial charge on any atom is 0.175 e. The predicted octanol–water partition coefficient (Wildman–Crippen LogP) is 4.72. The standard InChI is InChI=1S/C25H34N4O2S/c1-17-13-28(14-18(2)30-17)23-9-5-21(6-10-23)26-25(32)27-22-7-11-24(12-8-22)29-15-19(3)31-20(4)16-29/h5-12,17-20H,13-16H2,1-4H3,(H2,26,27,32)/t17-,18-,19-,20+/m0/s1. The number of rotatable bonds is 4. The Hall–Kier alpha value is -2.35. The van der Waals surface area contributed by atoms with Gasteiger partial charge < -0.3 is 29.9 Å². The van der Waals surface area contributed by atoms with Gasteiger partial charge >= 0.3 is 0 Å². The van der Waals surface area contributed by atoms with Gasteiger partial charge in [0.15, 0.2) is 5.11 Å². The Balaban J connectivity index is 1.31. The van der Waals surface area contributed by atoms with Crippen LogP contribution in [0.15, 0.2) is 48.5 Å². The molecule has 32 heavy (non-hydrogen) atoms. The molecule has 0 aliphatic carbocycles. The van der Waals surface area contributed by atoms with Crippen LogP contribution in [0.4, 0.5) is 22.7 Å². The van der Waals surface area contributed by atoms with Crippen molar-refractivity contribution in [3.05, 3.63) is 48.5 Å². The van der Waals surface area contributed by atoms with Crippen LogP contribution in [0.2, 0.25) is 0 Å². The van der Waals surface area contributed by atoms with E-state index >= 15 is 0 Å². The summed E-state index contributed by atoms with van der Waals surface area (Å²) in [5, 5.41) is 7.13. The van der Waals surface area contributed by atoms with Gasteiger partial charge in [0.2, 0.25) is 0 Å². The summed E-state index contributed by atoms with van der Waals surface area (Å²) in [7, 11) is 0. The van der Waals surface area contributed by atoms with Gasteiger partial charge in [-0.15, -0.1) is 0 Å². The SMILES string of the molecule is C[C@@H]1CN(c2ccc(NC(=S)Nc3ccc(N4C[C@H](C)O[C@@H](C)C4)cc3)cc2)C[C@H](C)O1. The van der Waals surface area contributed by atoms with E-state index in [9.17, 15) is 0 Å². The molecule has 0 spiro atoms. The van der Waals surface area contributed by atoms with Crippen LogP contribution in [0, 0.1) is 0 Å². The molecule has 0 amide bonds. The van der Waals surface area contributed by atoms with E-state index in [4.69, 9.17) is 21.7 Å². The Morgan fingerprint density at radius 1 is 0.656 bits per heavy atom. The van der Waals surface area contributed by atoms with Gasteiger partial charge in [0.25, 0.3) is 0 Å². The molecule has 0 unspecified atom stereocenters. The highest BCUT2D eigenvalue weighted by Gasteiger charge is 2.23. The summed E-state index contributed by atoms with van der Waals surface area (Å²) >= 11 is 5.52. The highest BCUT2D eigenvalue weighted by atomic mass is 32.1. The second-order valence-electron chi connectivity index (χ2n) is 9.00. The van der Waals surface area contributed by atoms with Crippen molar-refractivity contribution in [3.63, 3.8) is 0 Å². The fourth-order valence-corrected chi connectivity index (χ4v) is 4.82. The highest BCUT2D eigenvalue weighted by molar-refractivity contribution is 7.80. The topological polar surface area (TPSA) is 49.0 Å². The first-order valence-electron chi connectivity index (χ1n) is 11.4. The van der Waals surface area contributed by atoms with Crippen LogP contribution in [0.1, 0.15) is 27.7 Å². The van der Waals surface area contributed by atoms with E-state index in [1.165, 1.54) is 11.4 Å². The fourth-order valence-electron chi connectivity index (χ4n) is 4.58. The van der Waals surface area contributed by atoms with Crippen molar-refractivity contribution in [1.29, 1.82) is 0 Å². The minimum Gasteiger partial charge on any atom is -0.372 e. The molecule has 4 rings (SSSR count). The monoisotopic (exact) mass is 454 g/mol. The van der Waals surface area contributed by atoms with Crippen molar-refractivity contribution in [2.75, 3.05) is 46.6 Å². The van der Waals surface area contributed by atoms with Gasteiger partial charge in [-0.25, -0.2) is 0 Å². The first-order valence-corrected chi connectivity index (χ1v) is 11.9. The first-order chi connectivity index (χ1) is 15.4. The number of morpholine rings is 2. The number of benzene rings is 2. The van der Waals surface area contributed by atoms with Crippen molar-refractivity contribution in [2.24, 2.45) is 0 Å². The lowest BCUT2D eigenvalue weighted by atomic mass is 10.2. The zero-order valence-corrected chi connectivity index (χ0v) is 20.2. The average Bonchev–Trinajstić information content (AvgIpc) is 2.73. The van der Waals surface area contributed by atoms with Crippen LogP contribution in [-0.4, -0.2) is 55.7 Å².